The maximum atomic E-state index is 8.86. The predicted molar refractivity (Wildman–Crippen MR) is 74.4 cm³/mol. The molecule has 94 valence electrons. The quantitative estimate of drug-likeness (QED) is 0.843. The van der Waals surface area contributed by atoms with Gasteiger partial charge in [-0.2, -0.15) is 0 Å². The summed E-state index contributed by atoms with van der Waals surface area (Å²) in [5.41, 5.74) is 10.5. The van der Waals surface area contributed by atoms with Gasteiger partial charge in [0.15, 0.2) is 0 Å². The van der Waals surface area contributed by atoms with E-state index in [1.807, 2.05) is 0 Å². The van der Waals surface area contributed by atoms with Crippen molar-refractivity contribution in [1.29, 1.82) is 0 Å². The fourth-order valence-corrected chi connectivity index (χ4v) is 1.98. The normalized spacial score (nSPS) is 10.6. The molecule has 0 heterocycles. The van der Waals surface area contributed by atoms with Crippen LogP contribution in [0.25, 0.3) is 0 Å². The van der Waals surface area contributed by atoms with E-state index in [2.05, 4.69) is 48.5 Å². The zero-order valence-electron chi connectivity index (χ0n) is 10.5. The smallest absolute Gasteiger partial charge is 0.0471 e. The molecule has 0 unspecified atom stereocenters. The Kier molecular flexibility index (Phi) is 4.51. The molecule has 3 N–H and O–H groups in total. The summed E-state index contributed by atoms with van der Waals surface area (Å²) in [6.45, 7) is 0.802. The van der Waals surface area contributed by atoms with Crippen molar-refractivity contribution < 1.29 is 5.11 Å². The number of aliphatic hydroxyl groups is 1. The molecule has 0 saturated carbocycles. The largest absolute Gasteiger partial charge is 0.396 e. The highest BCUT2D eigenvalue weighted by atomic mass is 16.2. The van der Waals surface area contributed by atoms with Crippen molar-refractivity contribution in [2.24, 2.45) is 5.73 Å². The van der Waals surface area contributed by atoms with Crippen LogP contribution in [0, 0.1) is 0 Å². The summed E-state index contributed by atoms with van der Waals surface area (Å²) in [7, 11) is 0. The lowest BCUT2D eigenvalue weighted by atomic mass is 10.0. The summed E-state index contributed by atoms with van der Waals surface area (Å²) >= 11 is 0. The van der Waals surface area contributed by atoms with Crippen LogP contribution in [0.15, 0.2) is 48.5 Å². The van der Waals surface area contributed by atoms with E-state index in [4.69, 9.17) is 10.8 Å². The fourth-order valence-electron chi connectivity index (χ4n) is 1.98. The molecule has 0 atom stereocenters. The van der Waals surface area contributed by atoms with Crippen LogP contribution >= 0.6 is 0 Å². The molecule has 0 saturated heterocycles. The lowest BCUT2D eigenvalue weighted by Gasteiger charge is -2.05. The van der Waals surface area contributed by atoms with Gasteiger partial charge < -0.3 is 10.8 Å². The summed E-state index contributed by atoms with van der Waals surface area (Å²) in [5, 5.41) is 8.86. The molecule has 0 spiro atoms. The Balaban J connectivity index is 2.03. The third-order valence-corrected chi connectivity index (χ3v) is 3.09. The van der Waals surface area contributed by atoms with Gasteiger partial charge in [-0.15, -0.1) is 0 Å². The highest BCUT2D eigenvalue weighted by Crippen LogP contribution is 2.12. The van der Waals surface area contributed by atoms with Crippen molar-refractivity contribution in [1.82, 2.24) is 0 Å². The van der Waals surface area contributed by atoms with E-state index >= 15 is 0 Å². The monoisotopic (exact) mass is 241 g/mol. The molecule has 2 aromatic rings. The topological polar surface area (TPSA) is 46.2 Å². The third-order valence-electron chi connectivity index (χ3n) is 3.09. The van der Waals surface area contributed by atoms with Crippen LogP contribution in [0.5, 0.6) is 0 Å². The molecular formula is C16H19NO. The molecule has 0 bridgehead atoms. The molecule has 2 aromatic carbocycles. The zero-order chi connectivity index (χ0) is 12.8. The van der Waals surface area contributed by atoms with Gasteiger partial charge in [0.1, 0.15) is 0 Å². The predicted octanol–water partition coefficient (Wildman–Crippen LogP) is 2.27. The van der Waals surface area contributed by atoms with E-state index in [1.165, 1.54) is 16.7 Å². The zero-order valence-corrected chi connectivity index (χ0v) is 10.5. The molecule has 18 heavy (non-hydrogen) atoms. The molecule has 0 radical (unpaired) electrons. The molecular weight excluding hydrogens is 222 g/mol. The van der Waals surface area contributed by atoms with Crippen molar-refractivity contribution in [2.45, 2.75) is 19.4 Å². The Labute approximate surface area is 108 Å². The molecule has 0 aliphatic heterocycles. The van der Waals surface area contributed by atoms with Crippen molar-refractivity contribution in [3.63, 3.8) is 0 Å². The van der Waals surface area contributed by atoms with Gasteiger partial charge in [0.2, 0.25) is 0 Å². The number of benzene rings is 2. The third kappa shape index (κ3) is 3.42. The van der Waals surface area contributed by atoms with Crippen LogP contribution in [0.2, 0.25) is 0 Å². The first kappa shape index (κ1) is 12.8. The van der Waals surface area contributed by atoms with E-state index in [-0.39, 0.29) is 6.61 Å². The van der Waals surface area contributed by atoms with Crippen molar-refractivity contribution >= 4 is 0 Å². The Morgan fingerprint density at radius 3 is 1.61 bits per heavy atom. The van der Waals surface area contributed by atoms with Crippen molar-refractivity contribution in [3.8, 4) is 0 Å². The number of aliphatic hydroxyl groups excluding tert-OH is 1. The van der Waals surface area contributed by atoms with E-state index in [0.29, 0.717) is 6.54 Å². The number of nitrogens with two attached hydrogens (primary N) is 1. The first-order chi connectivity index (χ1) is 8.81. The molecule has 2 nitrogen and oxygen atoms in total. The van der Waals surface area contributed by atoms with Gasteiger partial charge in [-0.25, -0.2) is 0 Å². The number of rotatable bonds is 5. The van der Waals surface area contributed by atoms with Crippen molar-refractivity contribution in [3.05, 3.63) is 70.8 Å². The first-order valence-corrected chi connectivity index (χ1v) is 6.28. The molecule has 2 heteroatoms. The molecule has 0 aliphatic rings. The second-order valence-electron chi connectivity index (χ2n) is 4.49. The standard InChI is InChI=1S/C16H19NO/c17-12-16-7-5-15(6-8-16)11-14-3-1-13(2-4-14)9-10-18/h1-8,18H,9-12,17H2. The van der Waals surface area contributed by atoms with E-state index in [9.17, 15) is 0 Å². The van der Waals surface area contributed by atoms with Gasteiger partial charge in [-0.1, -0.05) is 48.5 Å². The highest BCUT2D eigenvalue weighted by molar-refractivity contribution is 5.30. The second-order valence-corrected chi connectivity index (χ2v) is 4.49. The van der Waals surface area contributed by atoms with Crippen LogP contribution in [0.4, 0.5) is 0 Å². The fraction of sp³-hybridized carbons (Fsp3) is 0.250. The van der Waals surface area contributed by atoms with Gasteiger partial charge in [0, 0.05) is 13.2 Å². The summed E-state index contributed by atoms with van der Waals surface area (Å²) in [6, 6.07) is 16.8. The van der Waals surface area contributed by atoms with E-state index in [0.717, 1.165) is 18.4 Å². The minimum absolute atomic E-state index is 0.208. The van der Waals surface area contributed by atoms with Crippen LogP contribution in [0.1, 0.15) is 22.3 Å². The average Bonchev–Trinajstić information content (AvgIpc) is 2.42. The lowest BCUT2D eigenvalue weighted by Crippen LogP contribution is -1.96. The molecule has 0 fully saturated rings. The summed E-state index contributed by atoms with van der Waals surface area (Å²) < 4.78 is 0. The average molecular weight is 241 g/mol. The Morgan fingerprint density at radius 2 is 1.17 bits per heavy atom. The highest BCUT2D eigenvalue weighted by Gasteiger charge is 1.98. The van der Waals surface area contributed by atoms with Gasteiger partial charge in [-0.05, 0) is 35.1 Å². The van der Waals surface area contributed by atoms with Crippen LogP contribution in [-0.2, 0) is 19.4 Å². The van der Waals surface area contributed by atoms with Crippen LogP contribution in [-0.4, -0.2) is 11.7 Å². The SMILES string of the molecule is NCc1ccc(Cc2ccc(CCO)cc2)cc1. The summed E-state index contributed by atoms with van der Waals surface area (Å²) in [4.78, 5) is 0. The van der Waals surface area contributed by atoms with E-state index < -0.39 is 0 Å². The maximum absolute atomic E-state index is 8.86. The molecule has 2 rings (SSSR count). The maximum Gasteiger partial charge on any atom is 0.0471 e. The van der Waals surface area contributed by atoms with Gasteiger partial charge >= 0.3 is 0 Å². The Morgan fingerprint density at radius 1 is 0.722 bits per heavy atom. The Hall–Kier alpha value is -1.64. The molecule has 0 aliphatic carbocycles. The minimum Gasteiger partial charge on any atom is -0.396 e. The molecule has 0 amide bonds. The Bertz CT molecular complexity index is 473. The first-order valence-electron chi connectivity index (χ1n) is 6.28. The lowest BCUT2D eigenvalue weighted by molar-refractivity contribution is 0.299. The minimum atomic E-state index is 0.208. The van der Waals surface area contributed by atoms with Crippen molar-refractivity contribution in [2.75, 3.05) is 6.61 Å². The summed E-state index contributed by atoms with van der Waals surface area (Å²) in [5.74, 6) is 0. The number of hydrogen-bond acceptors (Lipinski definition) is 2. The van der Waals surface area contributed by atoms with Gasteiger partial charge in [-0.3, -0.25) is 0 Å². The van der Waals surface area contributed by atoms with Crippen LogP contribution < -0.4 is 5.73 Å². The van der Waals surface area contributed by atoms with Crippen LogP contribution in [0.3, 0.4) is 0 Å². The summed E-state index contributed by atoms with van der Waals surface area (Å²) in [6.07, 6.45) is 1.66. The van der Waals surface area contributed by atoms with E-state index in [1.54, 1.807) is 0 Å². The number of hydrogen-bond donors (Lipinski definition) is 2. The van der Waals surface area contributed by atoms with Gasteiger partial charge in [0.25, 0.3) is 0 Å². The molecule has 0 aromatic heterocycles. The van der Waals surface area contributed by atoms with Gasteiger partial charge in [0.05, 0.1) is 0 Å². The second kappa shape index (κ2) is 6.34.